The van der Waals surface area contributed by atoms with Crippen LogP contribution < -0.4 is 32.3 Å². The van der Waals surface area contributed by atoms with Crippen molar-refractivity contribution in [2.24, 2.45) is 11.1 Å². The van der Waals surface area contributed by atoms with Crippen LogP contribution in [0.15, 0.2) is 90.4 Å². The minimum atomic E-state index is -1.28. The molecular weight excluding hydrogens is 1120 g/mol. The zero-order valence-corrected chi connectivity index (χ0v) is 51.4. The Balaban J connectivity index is 0.898. The summed E-state index contributed by atoms with van der Waals surface area (Å²) >= 11 is 1.56. The molecule has 8 N–H and O–H groups in total. The van der Waals surface area contributed by atoms with Gasteiger partial charge in [0.05, 0.1) is 34.8 Å². The number of ether oxygens (including phenoxy) is 1. The zero-order chi connectivity index (χ0) is 62.3. The summed E-state index contributed by atoms with van der Waals surface area (Å²) in [5.41, 5.74) is 10.1. The second-order valence-electron chi connectivity index (χ2n) is 24.9. The van der Waals surface area contributed by atoms with E-state index < -0.39 is 95.0 Å². The van der Waals surface area contributed by atoms with Crippen molar-refractivity contribution in [3.05, 3.63) is 113 Å². The Hall–Kier alpha value is -7.72. The van der Waals surface area contributed by atoms with Gasteiger partial charge >= 0.3 is 6.09 Å². The summed E-state index contributed by atoms with van der Waals surface area (Å²) in [6, 6.07) is 20.0. The predicted octanol–water partition coefficient (Wildman–Crippen LogP) is 6.10. The number of amides is 9. The van der Waals surface area contributed by atoms with Crippen molar-refractivity contribution in [1.82, 2.24) is 46.3 Å². The van der Waals surface area contributed by atoms with E-state index in [1.165, 1.54) is 9.80 Å². The third kappa shape index (κ3) is 18.4. The summed E-state index contributed by atoms with van der Waals surface area (Å²) in [5.74, 6) is -3.76. The number of nitrogens with one attached hydrogen (secondary N) is 5. The van der Waals surface area contributed by atoms with E-state index in [4.69, 9.17) is 10.5 Å². The summed E-state index contributed by atoms with van der Waals surface area (Å²) < 4.78 is 5.55. The molecule has 4 heterocycles. The van der Waals surface area contributed by atoms with Crippen LogP contribution in [0.2, 0.25) is 0 Å². The number of carbonyl (C=O) groups excluding carboxylic acids is 9. The number of primary amides is 1. The topological polar surface area (TPSA) is 292 Å². The van der Waals surface area contributed by atoms with Crippen LogP contribution in [0.5, 0.6) is 0 Å². The van der Waals surface area contributed by atoms with E-state index in [0.29, 0.717) is 44.9 Å². The number of benzene rings is 3. The number of thiazole rings is 1. The number of hydrogen-bond donors (Lipinski definition) is 7. The molecule has 0 radical (unpaired) electrons. The SMILES string of the molecule is Cc1ncsc1-c1ccc(CNC(=O)[C@@H]2C[C@@H](O)CN2C(=O)C(NC(=O)CCCCCCCC(=O)N2CC[C@H]3CC[C@@H](C(=O)NC(CCC(N)=O)C(=O)NC(c4ccccc4)c4ccccc4)N3C(=O)[C@@H](NC(=O)OC(C)(C)C)C2)C(C)(C)C)cc1. The summed E-state index contributed by atoms with van der Waals surface area (Å²) in [7, 11) is 0. The Labute approximate surface area is 508 Å². The Morgan fingerprint density at radius 2 is 1.40 bits per heavy atom. The molecule has 3 aliphatic heterocycles. The Morgan fingerprint density at radius 1 is 0.756 bits per heavy atom. The first-order valence-corrected chi connectivity index (χ1v) is 30.9. The van der Waals surface area contributed by atoms with Gasteiger partial charge in [0.25, 0.3) is 0 Å². The monoisotopic (exact) mass is 1200 g/mol. The molecule has 86 heavy (non-hydrogen) atoms. The molecular formula is C64H86N10O11S. The maximum absolute atomic E-state index is 14.7. The standard InChI is InChI=1S/C64H86N10O11S/c1-40-55(86-39-67-40)44-27-25-41(26-28-44)36-66-58(80)50-35-46(75)37-73(50)61(83)56(63(2,3)4)70-52(77)23-17-9-8-10-18-24-53(78)72-34-33-45-29-31-49(74(45)60(82)48(38-72)69-62(84)85-64(5,6)7)59(81)68-47(30-32-51(65)76)57(79)71-54(42-19-13-11-14-20-42)43-21-15-12-16-22-43/h11-16,19-22,25-28,39,45-50,54,56,75H,8-10,17-18,23-24,29-38H2,1-7H3,(H2,65,76)(H,66,80)(H,68,81)(H,69,84)(H,70,77)(H,71,79)/t45-,46-,47?,48+,49+,50+,56?/m1/s1. The second-order valence-corrected chi connectivity index (χ2v) is 25.7. The molecule has 4 aromatic rings. The predicted molar refractivity (Wildman–Crippen MR) is 325 cm³/mol. The minimum Gasteiger partial charge on any atom is -0.444 e. The van der Waals surface area contributed by atoms with Gasteiger partial charge in [0, 0.05) is 51.4 Å². The van der Waals surface area contributed by atoms with E-state index >= 15 is 0 Å². The first-order valence-electron chi connectivity index (χ1n) is 30.0. The summed E-state index contributed by atoms with van der Waals surface area (Å²) in [4.78, 5) is 134. The number of β-amino-alcohol motifs (C(OH)–C–C–N with tert-alkyl or cyclic N) is 1. The number of unbranched alkanes of at least 4 members (excludes halogenated alkanes) is 4. The largest absolute Gasteiger partial charge is 0.444 e. The van der Waals surface area contributed by atoms with E-state index in [-0.39, 0.29) is 82.4 Å². The van der Waals surface area contributed by atoms with E-state index in [0.717, 1.165) is 32.8 Å². The van der Waals surface area contributed by atoms with Crippen LogP contribution >= 0.6 is 11.3 Å². The van der Waals surface area contributed by atoms with Crippen LogP contribution in [0.1, 0.15) is 153 Å². The highest BCUT2D eigenvalue weighted by Crippen LogP contribution is 2.32. The summed E-state index contributed by atoms with van der Waals surface area (Å²) in [6.45, 7) is 12.8. The van der Waals surface area contributed by atoms with Crippen molar-refractivity contribution < 1.29 is 53.0 Å². The van der Waals surface area contributed by atoms with Gasteiger partial charge in [0.1, 0.15) is 35.8 Å². The van der Waals surface area contributed by atoms with Gasteiger partial charge in [-0.05, 0) is 93.9 Å². The molecule has 0 aliphatic carbocycles. The average Bonchev–Trinajstić information content (AvgIpc) is 2.31. The van der Waals surface area contributed by atoms with Gasteiger partial charge in [-0.3, -0.25) is 38.4 Å². The lowest BCUT2D eigenvalue weighted by Gasteiger charge is -2.39. The maximum atomic E-state index is 14.7. The number of alkyl carbamates (subject to hydrolysis) is 1. The first-order chi connectivity index (χ1) is 40.9. The molecule has 7 rings (SSSR count). The lowest BCUT2D eigenvalue weighted by atomic mass is 9.85. The normalized spacial score (nSPS) is 19.6. The number of likely N-dealkylation sites (tertiary alicyclic amines) is 1. The van der Waals surface area contributed by atoms with E-state index in [2.05, 4.69) is 31.6 Å². The Bertz CT molecular complexity index is 2960. The van der Waals surface area contributed by atoms with Crippen LogP contribution in [0.25, 0.3) is 10.4 Å². The van der Waals surface area contributed by atoms with Crippen LogP contribution in [-0.4, -0.2) is 146 Å². The fourth-order valence-corrected chi connectivity index (χ4v) is 12.2. The van der Waals surface area contributed by atoms with Crippen LogP contribution in [0.3, 0.4) is 0 Å². The highest BCUT2D eigenvalue weighted by atomic mass is 32.1. The second kappa shape index (κ2) is 30.1. The lowest BCUT2D eigenvalue weighted by molar-refractivity contribution is -0.146. The van der Waals surface area contributed by atoms with Crippen molar-refractivity contribution in [1.29, 1.82) is 0 Å². The third-order valence-corrected chi connectivity index (χ3v) is 16.9. The van der Waals surface area contributed by atoms with E-state index in [1.807, 2.05) is 113 Å². The molecule has 3 fully saturated rings. The Kier molecular flexibility index (Phi) is 23.0. The van der Waals surface area contributed by atoms with Gasteiger partial charge in [-0.25, -0.2) is 9.78 Å². The molecule has 2 unspecified atom stereocenters. The van der Waals surface area contributed by atoms with Crippen molar-refractivity contribution in [3.8, 4) is 10.4 Å². The molecule has 3 aliphatic rings. The van der Waals surface area contributed by atoms with Crippen molar-refractivity contribution >= 4 is 64.7 Å². The van der Waals surface area contributed by atoms with Gasteiger partial charge in [-0.2, -0.15) is 0 Å². The minimum absolute atomic E-state index is 0.0379. The van der Waals surface area contributed by atoms with Crippen LogP contribution in [0.4, 0.5) is 4.79 Å². The molecule has 3 aromatic carbocycles. The van der Waals surface area contributed by atoms with Gasteiger partial charge in [0.15, 0.2) is 0 Å². The van der Waals surface area contributed by atoms with Crippen LogP contribution in [-0.2, 0) is 49.6 Å². The molecule has 0 saturated carbocycles. The quantitative estimate of drug-likeness (QED) is 0.0392. The molecule has 9 amide bonds. The number of aromatic nitrogens is 1. The van der Waals surface area contributed by atoms with Gasteiger partial charge in [-0.1, -0.05) is 125 Å². The third-order valence-electron chi connectivity index (χ3n) is 15.9. The fraction of sp³-hybridized carbons (Fsp3) is 0.531. The number of rotatable bonds is 24. The zero-order valence-electron chi connectivity index (χ0n) is 50.6. The van der Waals surface area contributed by atoms with E-state index in [9.17, 15) is 48.3 Å². The van der Waals surface area contributed by atoms with Crippen molar-refractivity contribution in [3.63, 3.8) is 0 Å². The smallest absolute Gasteiger partial charge is 0.408 e. The number of fused-ring (bicyclic) bond motifs is 1. The number of nitrogens with zero attached hydrogens (tertiary/aromatic N) is 4. The average molecular weight is 1200 g/mol. The maximum Gasteiger partial charge on any atom is 0.408 e. The number of carbonyl (C=O) groups is 9. The van der Waals surface area contributed by atoms with E-state index in [1.54, 1.807) is 42.5 Å². The molecule has 3 saturated heterocycles. The van der Waals surface area contributed by atoms with Gasteiger partial charge in [-0.15, -0.1) is 11.3 Å². The summed E-state index contributed by atoms with van der Waals surface area (Å²) in [5, 5.41) is 25.1. The molecule has 464 valence electrons. The molecule has 0 spiro atoms. The fourth-order valence-electron chi connectivity index (χ4n) is 11.4. The molecule has 1 aromatic heterocycles. The number of nitrogens with two attached hydrogens (primary N) is 1. The van der Waals surface area contributed by atoms with Gasteiger partial charge < -0.3 is 56.9 Å². The number of hydrogen-bond acceptors (Lipinski definition) is 13. The Morgan fingerprint density at radius 3 is 2.00 bits per heavy atom. The number of aliphatic hydroxyl groups excluding tert-OH is 1. The number of aliphatic hydroxyl groups is 1. The number of aryl methyl sites for hydroxylation is 1. The highest BCUT2D eigenvalue weighted by molar-refractivity contribution is 7.13. The molecule has 0 bridgehead atoms. The molecule has 21 nitrogen and oxygen atoms in total. The van der Waals surface area contributed by atoms with Crippen LogP contribution in [0, 0.1) is 12.3 Å². The van der Waals surface area contributed by atoms with Gasteiger partial charge in [0.2, 0.25) is 47.3 Å². The lowest BCUT2D eigenvalue weighted by Crippen LogP contribution is -2.62. The first kappa shape index (κ1) is 65.8. The highest BCUT2D eigenvalue weighted by Gasteiger charge is 2.47. The molecule has 22 heteroatoms. The molecule has 7 atom stereocenters. The summed E-state index contributed by atoms with van der Waals surface area (Å²) in [6.07, 6.45) is 2.43. The van der Waals surface area contributed by atoms with Crippen molar-refractivity contribution in [2.75, 3.05) is 19.6 Å². The van der Waals surface area contributed by atoms with Crippen molar-refractivity contribution in [2.45, 2.75) is 192 Å².